The molecule has 0 fully saturated rings. The molecule has 172 valence electrons. The number of halogens is 1. The van der Waals surface area contributed by atoms with Gasteiger partial charge in [-0.25, -0.2) is 14.6 Å². The number of nitrogens with zero attached hydrogens (tertiary/aromatic N) is 3. The van der Waals surface area contributed by atoms with E-state index in [9.17, 15) is 19.2 Å². The third kappa shape index (κ3) is 4.74. The molecule has 0 aliphatic carbocycles. The molecule has 34 heavy (non-hydrogen) atoms. The summed E-state index contributed by atoms with van der Waals surface area (Å²) in [5.74, 6) is -0.985. The number of nitrogens with one attached hydrogen (secondary N) is 1. The molecule has 0 saturated carbocycles. The van der Waals surface area contributed by atoms with Gasteiger partial charge in [0, 0.05) is 16.9 Å². The molecule has 1 amide bonds. The zero-order valence-electron chi connectivity index (χ0n) is 18.0. The summed E-state index contributed by atoms with van der Waals surface area (Å²) in [6.45, 7) is -0.349. The second-order valence-corrected chi connectivity index (χ2v) is 7.81. The number of rotatable bonds is 6. The Balaban J connectivity index is 1.67. The molecule has 0 bridgehead atoms. The van der Waals surface area contributed by atoms with Crippen LogP contribution in [-0.2, 0) is 22.6 Å². The Labute approximate surface area is 198 Å². The van der Waals surface area contributed by atoms with E-state index >= 15 is 0 Å². The van der Waals surface area contributed by atoms with Crippen LogP contribution in [0.3, 0.4) is 0 Å². The summed E-state index contributed by atoms with van der Waals surface area (Å²) in [5, 5.41) is 3.22. The van der Waals surface area contributed by atoms with Gasteiger partial charge in [0.2, 0.25) is 5.91 Å². The van der Waals surface area contributed by atoms with Crippen LogP contribution in [0.15, 0.2) is 76.4 Å². The van der Waals surface area contributed by atoms with Crippen LogP contribution in [0.5, 0.6) is 0 Å². The minimum Gasteiger partial charge on any atom is -0.465 e. The first kappa shape index (κ1) is 22.9. The van der Waals surface area contributed by atoms with Crippen LogP contribution in [0.1, 0.15) is 15.9 Å². The molecular formula is C24H19ClN4O5. The molecular weight excluding hydrogens is 460 g/mol. The Bertz CT molecular complexity index is 1490. The average molecular weight is 479 g/mol. The quantitative estimate of drug-likeness (QED) is 0.426. The van der Waals surface area contributed by atoms with Crippen LogP contribution in [-0.4, -0.2) is 33.1 Å². The molecule has 0 aliphatic heterocycles. The van der Waals surface area contributed by atoms with Gasteiger partial charge in [0.25, 0.3) is 5.56 Å². The number of hydrogen-bond acceptors (Lipinski definition) is 6. The number of pyridine rings is 1. The van der Waals surface area contributed by atoms with E-state index in [0.717, 1.165) is 4.57 Å². The normalized spacial score (nSPS) is 10.8. The van der Waals surface area contributed by atoms with Gasteiger partial charge < -0.3 is 10.1 Å². The number of carbonyl (C=O) groups is 2. The summed E-state index contributed by atoms with van der Waals surface area (Å²) in [6, 6.07) is 16.0. The Hall–Kier alpha value is -4.24. The molecule has 0 aliphatic rings. The van der Waals surface area contributed by atoms with E-state index in [-0.39, 0.29) is 24.1 Å². The third-order valence-corrected chi connectivity index (χ3v) is 5.38. The van der Waals surface area contributed by atoms with Gasteiger partial charge in [-0.1, -0.05) is 23.7 Å². The summed E-state index contributed by atoms with van der Waals surface area (Å²) < 4.78 is 6.90. The molecule has 2 aromatic heterocycles. The highest BCUT2D eigenvalue weighted by Crippen LogP contribution is 2.12. The monoisotopic (exact) mass is 478 g/mol. The minimum atomic E-state index is -0.642. The SMILES string of the molecule is COC(=O)c1ccc(NC(=O)Cn2c(=O)n(Cc3ccc(Cl)cc3)c(=O)c3ncccc32)cc1. The van der Waals surface area contributed by atoms with Gasteiger partial charge in [-0.2, -0.15) is 0 Å². The van der Waals surface area contributed by atoms with Crippen molar-refractivity contribution in [2.75, 3.05) is 12.4 Å². The molecule has 4 aromatic rings. The summed E-state index contributed by atoms with van der Waals surface area (Å²) >= 11 is 5.92. The van der Waals surface area contributed by atoms with Gasteiger partial charge in [-0.3, -0.25) is 18.7 Å². The molecule has 0 radical (unpaired) electrons. The second-order valence-electron chi connectivity index (χ2n) is 7.37. The lowest BCUT2D eigenvalue weighted by atomic mass is 10.2. The lowest BCUT2D eigenvalue weighted by molar-refractivity contribution is -0.116. The van der Waals surface area contributed by atoms with Crippen molar-refractivity contribution in [2.24, 2.45) is 0 Å². The molecule has 2 heterocycles. The number of ether oxygens (including phenoxy) is 1. The van der Waals surface area contributed by atoms with Crippen LogP contribution in [0.2, 0.25) is 5.02 Å². The fraction of sp³-hybridized carbons (Fsp3) is 0.125. The van der Waals surface area contributed by atoms with E-state index in [1.807, 2.05) is 0 Å². The predicted octanol–water partition coefficient (Wildman–Crippen LogP) is 2.69. The molecule has 4 rings (SSSR count). The van der Waals surface area contributed by atoms with Gasteiger partial charge in [-0.15, -0.1) is 0 Å². The highest BCUT2D eigenvalue weighted by molar-refractivity contribution is 6.30. The van der Waals surface area contributed by atoms with Crippen LogP contribution in [0.4, 0.5) is 5.69 Å². The molecule has 2 aromatic carbocycles. The Morgan fingerprint density at radius 1 is 1.00 bits per heavy atom. The summed E-state index contributed by atoms with van der Waals surface area (Å²) in [4.78, 5) is 54.7. The molecule has 0 atom stereocenters. The van der Waals surface area contributed by atoms with Crippen molar-refractivity contribution in [2.45, 2.75) is 13.1 Å². The van der Waals surface area contributed by atoms with Gasteiger partial charge in [-0.05, 0) is 54.1 Å². The van der Waals surface area contributed by atoms with Gasteiger partial charge in [0.15, 0.2) is 5.52 Å². The molecule has 1 N–H and O–H groups in total. The smallest absolute Gasteiger partial charge is 0.337 e. The number of methoxy groups -OCH3 is 1. The molecule has 10 heteroatoms. The number of hydrogen-bond donors (Lipinski definition) is 1. The maximum Gasteiger partial charge on any atom is 0.337 e. The number of aromatic nitrogens is 3. The molecule has 9 nitrogen and oxygen atoms in total. The van der Waals surface area contributed by atoms with E-state index in [0.29, 0.717) is 21.8 Å². The summed E-state index contributed by atoms with van der Waals surface area (Å²) in [5.41, 5.74) is 0.598. The zero-order valence-corrected chi connectivity index (χ0v) is 18.8. The van der Waals surface area contributed by atoms with Gasteiger partial charge >= 0.3 is 11.7 Å². The van der Waals surface area contributed by atoms with Crippen molar-refractivity contribution in [3.8, 4) is 0 Å². The second kappa shape index (κ2) is 9.72. The topological polar surface area (TPSA) is 112 Å². The standard InChI is InChI=1S/C24H19ClN4O5/c1-34-23(32)16-6-10-18(11-7-16)27-20(30)14-28-19-3-2-12-26-21(19)22(31)29(24(28)33)13-15-4-8-17(25)9-5-15/h2-12H,13-14H2,1H3,(H,27,30). The molecule has 0 spiro atoms. The number of carbonyl (C=O) groups excluding carboxylic acids is 2. The van der Waals surface area contributed by atoms with E-state index in [1.54, 1.807) is 48.5 Å². The predicted molar refractivity (Wildman–Crippen MR) is 127 cm³/mol. The van der Waals surface area contributed by atoms with Crippen molar-refractivity contribution < 1.29 is 14.3 Å². The summed E-state index contributed by atoms with van der Waals surface area (Å²) in [6.07, 6.45) is 1.45. The highest BCUT2D eigenvalue weighted by atomic mass is 35.5. The fourth-order valence-corrected chi connectivity index (χ4v) is 3.59. The Morgan fingerprint density at radius 2 is 1.71 bits per heavy atom. The number of anilines is 1. The van der Waals surface area contributed by atoms with Crippen LogP contribution in [0.25, 0.3) is 11.0 Å². The number of amides is 1. The maximum absolute atomic E-state index is 13.3. The van der Waals surface area contributed by atoms with Gasteiger partial charge in [0.05, 0.1) is 24.7 Å². The average Bonchev–Trinajstić information content (AvgIpc) is 2.85. The minimum absolute atomic E-state index is 0.00202. The van der Waals surface area contributed by atoms with E-state index in [2.05, 4.69) is 15.0 Å². The number of esters is 1. The van der Waals surface area contributed by atoms with E-state index in [1.165, 1.54) is 30.0 Å². The van der Waals surface area contributed by atoms with Crippen molar-refractivity contribution in [1.82, 2.24) is 14.1 Å². The first-order valence-electron chi connectivity index (χ1n) is 10.2. The first-order chi connectivity index (χ1) is 16.4. The lowest BCUT2D eigenvalue weighted by Crippen LogP contribution is -2.42. The van der Waals surface area contributed by atoms with Crippen LogP contribution >= 0.6 is 11.6 Å². The van der Waals surface area contributed by atoms with E-state index < -0.39 is 23.1 Å². The van der Waals surface area contributed by atoms with Crippen LogP contribution in [0, 0.1) is 0 Å². The lowest BCUT2D eigenvalue weighted by Gasteiger charge is -2.14. The van der Waals surface area contributed by atoms with Crippen molar-refractivity contribution >= 4 is 40.2 Å². The maximum atomic E-state index is 13.3. The zero-order chi connectivity index (χ0) is 24.2. The van der Waals surface area contributed by atoms with Crippen molar-refractivity contribution in [3.63, 3.8) is 0 Å². The Morgan fingerprint density at radius 3 is 2.38 bits per heavy atom. The fourth-order valence-electron chi connectivity index (χ4n) is 3.46. The number of benzene rings is 2. The molecule has 0 saturated heterocycles. The summed E-state index contributed by atoms with van der Waals surface area (Å²) in [7, 11) is 1.28. The number of fused-ring (bicyclic) bond motifs is 1. The Kier molecular flexibility index (Phi) is 6.55. The molecule has 0 unspecified atom stereocenters. The third-order valence-electron chi connectivity index (χ3n) is 5.13. The first-order valence-corrected chi connectivity index (χ1v) is 10.6. The van der Waals surface area contributed by atoms with Crippen LogP contribution < -0.4 is 16.6 Å². The van der Waals surface area contributed by atoms with E-state index in [4.69, 9.17) is 11.6 Å². The van der Waals surface area contributed by atoms with Crippen molar-refractivity contribution in [3.05, 3.63) is 104 Å². The highest BCUT2D eigenvalue weighted by Gasteiger charge is 2.17. The largest absolute Gasteiger partial charge is 0.465 e. The van der Waals surface area contributed by atoms with Crippen molar-refractivity contribution in [1.29, 1.82) is 0 Å². The van der Waals surface area contributed by atoms with Gasteiger partial charge in [0.1, 0.15) is 6.54 Å².